The molecule has 0 bridgehead atoms. The molecular weight excluding hydrogens is 310 g/mol. The fourth-order valence-corrected chi connectivity index (χ4v) is 2.79. The number of benzene rings is 1. The van der Waals surface area contributed by atoms with Gasteiger partial charge in [0.15, 0.2) is 5.82 Å². The summed E-state index contributed by atoms with van der Waals surface area (Å²) in [4.78, 5) is 18.3. The third-order valence-corrected chi connectivity index (χ3v) is 4.03. The summed E-state index contributed by atoms with van der Waals surface area (Å²) in [6.07, 6.45) is 1.55. The van der Waals surface area contributed by atoms with E-state index in [1.807, 2.05) is 26.0 Å². The summed E-state index contributed by atoms with van der Waals surface area (Å²) in [5.41, 5.74) is 2.26. The molecular formula is C17H21N3O4. The van der Waals surface area contributed by atoms with E-state index in [1.165, 1.54) is 12.0 Å². The fourth-order valence-electron chi connectivity index (χ4n) is 2.79. The third kappa shape index (κ3) is 3.73. The summed E-state index contributed by atoms with van der Waals surface area (Å²) in [6, 6.07) is 5.70. The number of carbonyl (C=O) groups is 1. The van der Waals surface area contributed by atoms with Gasteiger partial charge in [-0.15, -0.1) is 0 Å². The molecule has 2 aromatic rings. The molecule has 0 saturated carbocycles. The molecule has 1 aromatic carbocycles. The van der Waals surface area contributed by atoms with E-state index in [-0.39, 0.29) is 11.9 Å². The Balaban J connectivity index is 1.57. The number of amides is 1. The van der Waals surface area contributed by atoms with Crippen LogP contribution in [0.5, 0.6) is 5.75 Å². The van der Waals surface area contributed by atoms with Crippen molar-refractivity contribution in [3.8, 4) is 5.75 Å². The quantitative estimate of drug-likeness (QED) is 0.834. The highest BCUT2D eigenvalue weighted by Crippen LogP contribution is 2.23. The standard InChI is InChI=1S/C17H21N3O4/c1-12-3-4-15(13(2)9-12)23-7-5-16(21)20-6-8-22-10-14(20)17-18-11-24-19-17/h3-4,9,11,14H,5-8,10H2,1-2H3. The largest absolute Gasteiger partial charge is 0.493 e. The van der Waals surface area contributed by atoms with E-state index in [0.717, 1.165) is 11.3 Å². The molecule has 1 amide bonds. The molecule has 2 heterocycles. The first-order valence-corrected chi connectivity index (χ1v) is 7.98. The summed E-state index contributed by atoms with van der Waals surface area (Å²) in [5.74, 6) is 1.28. The molecule has 7 heteroatoms. The molecule has 7 nitrogen and oxygen atoms in total. The van der Waals surface area contributed by atoms with Crippen molar-refractivity contribution >= 4 is 5.91 Å². The minimum absolute atomic E-state index is 0.00198. The van der Waals surface area contributed by atoms with E-state index >= 15 is 0 Å². The molecule has 1 saturated heterocycles. The molecule has 1 aromatic heterocycles. The maximum atomic E-state index is 12.5. The molecule has 1 atom stereocenters. The Morgan fingerprint density at radius 3 is 3.04 bits per heavy atom. The molecule has 1 aliphatic heterocycles. The maximum Gasteiger partial charge on any atom is 0.226 e. The Hall–Kier alpha value is -2.41. The first-order chi connectivity index (χ1) is 11.6. The van der Waals surface area contributed by atoms with Gasteiger partial charge in [-0.05, 0) is 25.5 Å². The Morgan fingerprint density at radius 2 is 2.29 bits per heavy atom. The highest BCUT2D eigenvalue weighted by molar-refractivity contribution is 5.76. The monoisotopic (exact) mass is 331 g/mol. The van der Waals surface area contributed by atoms with Crippen molar-refractivity contribution in [2.75, 3.05) is 26.4 Å². The van der Waals surface area contributed by atoms with E-state index in [2.05, 4.69) is 16.2 Å². The second kappa shape index (κ2) is 7.44. The molecule has 1 aliphatic rings. The molecule has 0 spiro atoms. The first-order valence-electron chi connectivity index (χ1n) is 7.98. The lowest BCUT2D eigenvalue weighted by molar-refractivity contribution is -0.141. The number of aromatic nitrogens is 2. The Bertz CT molecular complexity index is 687. The van der Waals surface area contributed by atoms with Crippen molar-refractivity contribution in [2.24, 2.45) is 0 Å². The van der Waals surface area contributed by atoms with Crippen LogP contribution in [0.2, 0.25) is 0 Å². The van der Waals surface area contributed by atoms with Crippen LogP contribution in [0.4, 0.5) is 0 Å². The second-order valence-electron chi connectivity index (χ2n) is 5.83. The zero-order valence-corrected chi connectivity index (χ0v) is 13.9. The maximum absolute atomic E-state index is 12.5. The highest BCUT2D eigenvalue weighted by atomic mass is 16.5. The van der Waals surface area contributed by atoms with Crippen molar-refractivity contribution in [1.29, 1.82) is 0 Å². The summed E-state index contributed by atoms with van der Waals surface area (Å²) < 4.78 is 16.0. The molecule has 0 radical (unpaired) electrons. The molecule has 0 N–H and O–H groups in total. The van der Waals surface area contributed by atoms with Crippen LogP contribution in [-0.2, 0) is 9.53 Å². The normalized spacial score (nSPS) is 17.8. The van der Waals surface area contributed by atoms with Crippen LogP contribution in [0, 0.1) is 13.8 Å². The summed E-state index contributed by atoms with van der Waals surface area (Å²) in [6.45, 7) is 5.77. The minimum atomic E-state index is -0.300. The smallest absolute Gasteiger partial charge is 0.226 e. The van der Waals surface area contributed by atoms with E-state index in [9.17, 15) is 4.79 Å². The van der Waals surface area contributed by atoms with Gasteiger partial charge in [-0.2, -0.15) is 4.98 Å². The SMILES string of the molecule is Cc1ccc(OCCC(=O)N2CCOCC2c2ncon2)c(C)c1. The van der Waals surface area contributed by atoms with Crippen LogP contribution >= 0.6 is 0 Å². The van der Waals surface area contributed by atoms with Crippen LogP contribution in [0.3, 0.4) is 0 Å². The second-order valence-corrected chi connectivity index (χ2v) is 5.83. The van der Waals surface area contributed by atoms with Gasteiger partial charge in [0, 0.05) is 6.54 Å². The number of ether oxygens (including phenoxy) is 2. The van der Waals surface area contributed by atoms with Crippen molar-refractivity contribution < 1.29 is 18.8 Å². The lowest BCUT2D eigenvalue weighted by Gasteiger charge is -2.33. The molecule has 1 unspecified atom stereocenters. The molecule has 1 fully saturated rings. The topological polar surface area (TPSA) is 77.7 Å². The first kappa shape index (κ1) is 16.4. The highest BCUT2D eigenvalue weighted by Gasteiger charge is 2.31. The predicted octanol–water partition coefficient (Wildman–Crippen LogP) is 2.06. The van der Waals surface area contributed by atoms with E-state index in [4.69, 9.17) is 14.0 Å². The average molecular weight is 331 g/mol. The van der Waals surface area contributed by atoms with Crippen molar-refractivity contribution in [3.63, 3.8) is 0 Å². The Labute approximate surface area is 140 Å². The van der Waals surface area contributed by atoms with Crippen LogP contribution in [0.15, 0.2) is 29.1 Å². The lowest BCUT2D eigenvalue weighted by atomic mass is 10.1. The van der Waals surface area contributed by atoms with Crippen molar-refractivity contribution in [3.05, 3.63) is 41.5 Å². The van der Waals surface area contributed by atoms with E-state index in [1.54, 1.807) is 4.90 Å². The minimum Gasteiger partial charge on any atom is -0.493 e. The van der Waals surface area contributed by atoms with Gasteiger partial charge < -0.3 is 18.9 Å². The zero-order valence-electron chi connectivity index (χ0n) is 13.9. The number of morpholine rings is 1. The number of carbonyl (C=O) groups excluding carboxylic acids is 1. The molecule has 3 rings (SSSR count). The zero-order chi connectivity index (χ0) is 16.9. The van der Waals surface area contributed by atoms with E-state index < -0.39 is 0 Å². The van der Waals surface area contributed by atoms with E-state index in [0.29, 0.717) is 38.6 Å². The molecule has 24 heavy (non-hydrogen) atoms. The van der Waals surface area contributed by atoms with Gasteiger partial charge in [0.2, 0.25) is 12.3 Å². The van der Waals surface area contributed by atoms with Gasteiger partial charge in [0.25, 0.3) is 0 Å². The molecule has 128 valence electrons. The summed E-state index contributed by atoms with van der Waals surface area (Å²) in [5, 5.41) is 3.83. The van der Waals surface area contributed by atoms with Crippen LogP contribution in [0.25, 0.3) is 0 Å². The number of nitrogens with zero attached hydrogens (tertiary/aromatic N) is 3. The van der Waals surface area contributed by atoms with Crippen LogP contribution < -0.4 is 4.74 Å². The number of rotatable bonds is 5. The Kier molecular flexibility index (Phi) is 5.10. The van der Waals surface area contributed by atoms with Crippen LogP contribution in [-0.4, -0.2) is 47.3 Å². The van der Waals surface area contributed by atoms with Crippen molar-refractivity contribution in [1.82, 2.24) is 15.0 Å². The van der Waals surface area contributed by atoms with Gasteiger partial charge in [-0.1, -0.05) is 22.9 Å². The molecule has 0 aliphatic carbocycles. The van der Waals surface area contributed by atoms with Gasteiger partial charge in [0.1, 0.15) is 11.8 Å². The Morgan fingerprint density at radius 1 is 1.42 bits per heavy atom. The summed E-state index contributed by atoms with van der Waals surface area (Å²) >= 11 is 0. The third-order valence-electron chi connectivity index (χ3n) is 4.03. The van der Waals surface area contributed by atoms with Gasteiger partial charge in [0.05, 0.1) is 26.2 Å². The van der Waals surface area contributed by atoms with Crippen molar-refractivity contribution in [2.45, 2.75) is 26.3 Å². The average Bonchev–Trinajstić information content (AvgIpc) is 3.11. The fraction of sp³-hybridized carbons (Fsp3) is 0.471. The van der Waals surface area contributed by atoms with Gasteiger partial charge in [-0.25, -0.2) is 0 Å². The van der Waals surface area contributed by atoms with Gasteiger partial charge in [-0.3, -0.25) is 4.79 Å². The predicted molar refractivity (Wildman–Crippen MR) is 85.6 cm³/mol. The number of hydrogen-bond donors (Lipinski definition) is 0. The van der Waals surface area contributed by atoms with Crippen LogP contribution in [0.1, 0.15) is 29.4 Å². The van der Waals surface area contributed by atoms with Gasteiger partial charge >= 0.3 is 0 Å². The lowest BCUT2D eigenvalue weighted by Crippen LogP contribution is -2.44. The summed E-state index contributed by atoms with van der Waals surface area (Å²) in [7, 11) is 0. The number of aryl methyl sites for hydroxylation is 2. The number of hydrogen-bond acceptors (Lipinski definition) is 6.